The van der Waals surface area contributed by atoms with Crippen LogP contribution in [-0.2, 0) is 10.2 Å². The van der Waals surface area contributed by atoms with Gasteiger partial charge in [-0.25, -0.2) is 0 Å². The summed E-state index contributed by atoms with van der Waals surface area (Å²) in [6.45, 7) is 1.46. The molecule has 1 amide bonds. The third-order valence-corrected chi connectivity index (χ3v) is 5.85. The Kier molecular flexibility index (Phi) is 4.34. The number of carbonyl (C=O) groups excluding carboxylic acids is 1. The molecule has 0 atom stereocenters. The molecule has 1 aromatic carbocycles. The van der Waals surface area contributed by atoms with Crippen LogP contribution >= 0.6 is 0 Å². The van der Waals surface area contributed by atoms with Crippen molar-refractivity contribution < 1.29 is 14.3 Å². The lowest BCUT2D eigenvalue weighted by molar-refractivity contribution is -0.143. The third kappa shape index (κ3) is 2.64. The number of benzene rings is 1. The minimum Gasteiger partial charge on any atom is -0.493 e. The van der Waals surface area contributed by atoms with Crippen molar-refractivity contribution in [1.82, 2.24) is 14.7 Å². The number of hydrogen-bond donors (Lipinski definition) is 0. The van der Waals surface area contributed by atoms with E-state index in [1.54, 1.807) is 20.4 Å². The van der Waals surface area contributed by atoms with Crippen molar-refractivity contribution in [3.63, 3.8) is 0 Å². The molecule has 6 nitrogen and oxygen atoms in total. The van der Waals surface area contributed by atoms with E-state index in [-0.39, 0.29) is 11.9 Å². The lowest BCUT2D eigenvalue weighted by Gasteiger charge is -2.44. The zero-order valence-corrected chi connectivity index (χ0v) is 15.4. The van der Waals surface area contributed by atoms with Gasteiger partial charge < -0.3 is 14.4 Å². The van der Waals surface area contributed by atoms with Crippen LogP contribution in [0.15, 0.2) is 36.7 Å². The summed E-state index contributed by atoms with van der Waals surface area (Å²) in [6.07, 6.45) is 7.69. The normalized spacial score (nSPS) is 19.2. The fourth-order valence-corrected chi connectivity index (χ4v) is 4.33. The molecule has 2 heterocycles. The van der Waals surface area contributed by atoms with Crippen molar-refractivity contribution >= 4 is 5.91 Å². The van der Waals surface area contributed by atoms with Crippen LogP contribution in [-0.4, -0.2) is 47.9 Å². The van der Waals surface area contributed by atoms with E-state index in [1.807, 2.05) is 40.0 Å². The molecule has 1 saturated carbocycles. The molecule has 2 aliphatic rings. The summed E-state index contributed by atoms with van der Waals surface area (Å²) in [5.74, 6) is 1.62. The molecule has 4 rings (SSSR count). The molecule has 0 spiro atoms. The largest absolute Gasteiger partial charge is 0.493 e. The van der Waals surface area contributed by atoms with Crippen molar-refractivity contribution in [3.8, 4) is 11.5 Å². The molecule has 0 unspecified atom stereocenters. The highest BCUT2D eigenvalue weighted by Crippen LogP contribution is 2.46. The molecule has 0 bridgehead atoms. The number of methoxy groups -OCH3 is 2. The number of aromatic nitrogens is 2. The Labute approximate surface area is 153 Å². The van der Waals surface area contributed by atoms with Crippen LogP contribution in [0.1, 0.15) is 37.3 Å². The molecule has 0 N–H and O–H groups in total. The number of amides is 1. The molecule has 1 aliphatic heterocycles. The number of likely N-dealkylation sites (tertiary alicyclic amines) is 1. The molecule has 138 valence electrons. The minimum absolute atomic E-state index is 0.241. The van der Waals surface area contributed by atoms with Gasteiger partial charge in [-0.3, -0.25) is 9.48 Å². The number of ether oxygens (including phenoxy) is 2. The second-order valence-electron chi connectivity index (χ2n) is 7.21. The lowest BCUT2D eigenvalue weighted by Crippen LogP contribution is -2.56. The van der Waals surface area contributed by atoms with Gasteiger partial charge in [-0.1, -0.05) is 18.9 Å². The SMILES string of the molecule is COc1ccc(C2(C(=O)N3CC(n4cccn4)C3)CCCC2)cc1OC. The average Bonchev–Trinajstić information content (AvgIpc) is 3.32. The van der Waals surface area contributed by atoms with Gasteiger partial charge in [0.1, 0.15) is 0 Å². The van der Waals surface area contributed by atoms with Gasteiger partial charge in [0.15, 0.2) is 11.5 Å². The first-order valence-electron chi connectivity index (χ1n) is 9.19. The summed E-state index contributed by atoms with van der Waals surface area (Å²) in [6, 6.07) is 8.12. The Morgan fingerprint density at radius 3 is 2.50 bits per heavy atom. The first-order chi connectivity index (χ1) is 12.7. The molecular weight excluding hydrogens is 330 g/mol. The standard InChI is InChI=1S/C20H25N3O3/c1-25-17-7-6-15(12-18(17)26-2)20(8-3-4-9-20)19(24)22-13-16(14-22)23-11-5-10-21-23/h5-7,10-12,16H,3-4,8-9,13-14H2,1-2H3. The van der Waals surface area contributed by atoms with Crippen molar-refractivity contribution in [1.29, 1.82) is 0 Å². The molecule has 6 heteroatoms. The van der Waals surface area contributed by atoms with Crippen molar-refractivity contribution in [3.05, 3.63) is 42.2 Å². The van der Waals surface area contributed by atoms with Crippen LogP contribution in [0.25, 0.3) is 0 Å². The van der Waals surface area contributed by atoms with Gasteiger partial charge in [-0.05, 0) is 36.6 Å². The molecule has 1 aliphatic carbocycles. The van der Waals surface area contributed by atoms with E-state index >= 15 is 0 Å². The smallest absolute Gasteiger partial charge is 0.233 e. The highest BCUT2D eigenvalue weighted by atomic mass is 16.5. The van der Waals surface area contributed by atoms with Crippen molar-refractivity contribution in [2.45, 2.75) is 37.1 Å². The average molecular weight is 355 g/mol. The van der Waals surface area contributed by atoms with Crippen molar-refractivity contribution in [2.24, 2.45) is 0 Å². The van der Waals surface area contributed by atoms with Gasteiger partial charge in [0.2, 0.25) is 5.91 Å². The second kappa shape index (κ2) is 6.67. The van der Waals surface area contributed by atoms with Crippen LogP contribution in [0.4, 0.5) is 0 Å². The predicted molar refractivity (Wildman–Crippen MR) is 97.5 cm³/mol. The van der Waals surface area contributed by atoms with E-state index in [0.717, 1.165) is 44.3 Å². The molecule has 0 radical (unpaired) electrons. The van der Waals surface area contributed by atoms with Crippen LogP contribution in [0.5, 0.6) is 11.5 Å². The number of rotatable bonds is 5. The molecular formula is C20H25N3O3. The molecule has 2 fully saturated rings. The van der Waals surface area contributed by atoms with E-state index in [9.17, 15) is 4.79 Å². The van der Waals surface area contributed by atoms with E-state index in [1.165, 1.54) is 0 Å². The highest BCUT2D eigenvalue weighted by Gasteiger charge is 2.48. The van der Waals surface area contributed by atoms with Crippen LogP contribution in [0.3, 0.4) is 0 Å². The Balaban J connectivity index is 1.58. The fourth-order valence-electron chi connectivity index (χ4n) is 4.33. The molecule has 2 aromatic rings. The monoisotopic (exact) mass is 355 g/mol. The summed E-state index contributed by atoms with van der Waals surface area (Å²) < 4.78 is 12.8. The van der Waals surface area contributed by atoms with Crippen LogP contribution < -0.4 is 9.47 Å². The Hall–Kier alpha value is -2.50. The lowest BCUT2D eigenvalue weighted by atomic mass is 9.76. The maximum absolute atomic E-state index is 13.4. The Morgan fingerprint density at radius 2 is 1.88 bits per heavy atom. The maximum atomic E-state index is 13.4. The fraction of sp³-hybridized carbons (Fsp3) is 0.500. The first-order valence-corrected chi connectivity index (χ1v) is 9.19. The third-order valence-electron chi connectivity index (χ3n) is 5.85. The summed E-state index contributed by atoms with van der Waals surface area (Å²) in [5, 5.41) is 4.30. The van der Waals surface area contributed by atoms with E-state index in [2.05, 4.69) is 5.10 Å². The zero-order valence-electron chi connectivity index (χ0n) is 15.4. The predicted octanol–water partition coefficient (Wildman–Crippen LogP) is 2.80. The topological polar surface area (TPSA) is 56.6 Å². The Morgan fingerprint density at radius 1 is 1.15 bits per heavy atom. The quantitative estimate of drug-likeness (QED) is 0.828. The van der Waals surface area contributed by atoms with Gasteiger partial charge in [-0.15, -0.1) is 0 Å². The van der Waals surface area contributed by atoms with Crippen molar-refractivity contribution in [2.75, 3.05) is 27.3 Å². The van der Waals surface area contributed by atoms with E-state index in [4.69, 9.17) is 9.47 Å². The van der Waals surface area contributed by atoms with Gasteiger partial charge in [-0.2, -0.15) is 5.10 Å². The summed E-state index contributed by atoms with van der Waals surface area (Å²) in [4.78, 5) is 15.4. The first kappa shape index (κ1) is 16.9. The Bertz CT molecular complexity index is 776. The van der Waals surface area contributed by atoms with Crippen LogP contribution in [0, 0.1) is 0 Å². The van der Waals surface area contributed by atoms with Gasteiger partial charge >= 0.3 is 0 Å². The van der Waals surface area contributed by atoms with E-state index < -0.39 is 5.41 Å². The number of hydrogen-bond acceptors (Lipinski definition) is 4. The second-order valence-corrected chi connectivity index (χ2v) is 7.21. The zero-order chi connectivity index (χ0) is 18.1. The highest BCUT2D eigenvalue weighted by molar-refractivity contribution is 5.89. The minimum atomic E-state index is -0.436. The number of nitrogens with zero attached hydrogens (tertiary/aromatic N) is 3. The summed E-state index contributed by atoms with van der Waals surface area (Å²) in [5.41, 5.74) is 0.606. The maximum Gasteiger partial charge on any atom is 0.233 e. The molecule has 26 heavy (non-hydrogen) atoms. The molecule has 1 aromatic heterocycles. The van der Waals surface area contributed by atoms with Crippen LogP contribution in [0.2, 0.25) is 0 Å². The molecule has 1 saturated heterocycles. The number of carbonyl (C=O) groups is 1. The van der Waals surface area contributed by atoms with E-state index in [0.29, 0.717) is 11.5 Å². The summed E-state index contributed by atoms with van der Waals surface area (Å²) >= 11 is 0. The van der Waals surface area contributed by atoms with Gasteiger partial charge in [0, 0.05) is 25.5 Å². The summed E-state index contributed by atoms with van der Waals surface area (Å²) in [7, 11) is 3.26. The van der Waals surface area contributed by atoms with Gasteiger partial charge in [0.05, 0.1) is 25.7 Å². The van der Waals surface area contributed by atoms with Gasteiger partial charge in [0.25, 0.3) is 0 Å².